The van der Waals surface area contributed by atoms with Crippen molar-refractivity contribution in [1.82, 2.24) is 0 Å². The van der Waals surface area contributed by atoms with E-state index in [9.17, 15) is 0 Å². The summed E-state index contributed by atoms with van der Waals surface area (Å²) in [4.78, 5) is 0. The molecule has 1 unspecified atom stereocenters. The van der Waals surface area contributed by atoms with Crippen molar-refractivity contribution in [3.63, 3.8) is 0 Å². The lowest BCUT2D eigenvalue weighted by Crippen LogP contribution is -2.15. The van der Waals surface area contributed by atoms with Gasteiger partial charge in [0, 0.05) is 0 Å². The van der Waals surface area contributed by atoms with Crippen LogP contribution in [0.2, 0.25) is 0 Å². The Kier molecular flexibility index (Phi) is 4.78. The minimum atomic E-state index is -0.0799. The lowest BCUT2D eigenvalue weighted by Gasteiger charge is -2.24. The minimum absolute atomic E-state index is 0.0520. The maximum atomic E-state index is 8.79. The molecule has 2 nitrogen and oxygen atoms in total. The summed E-state index contributed by atoms with van der Waals surface area (Å²) in [6.45, 7) is 11.0. The first-order valence-electron chi connectivity index (χ1n) is 6.54. The molecule has 0 spiro atoms. The summed E-state index contributed by atoms with van der Waals surface area (Å²) in [6, 6.07) is 8.54. The Bertz CT molecular complexity index is 437. The van der Waals surface area contributed by atoms with Gasteiger partial charge in [-0.25, -0.2) is 0 Å². The number of nitriles is 1. The van der Waals surface area contributed by atoms with Crippen molar-refractivity contribution in [2.75, 3.05) is 6.61 Å². The van der Waals surface area contributed by atoms with Crippen molar-refractivity contribution in [2.24, 2.45) is 5.92 Å². The highest BCUT2D eigenvalue weighted by Crippen LogP contribution is 2.32. The lowest BCUT2D eigenvalue weighted by atomic mass is 9.85. The Morgan fingerprint density at radius 1 is 1.33 bits per heavy atom. The maximum absolute atomic E-state index is 8.79. The Labute approximate surface area is 111 Å². The minimum Gasteiger partial charge on any atom is -0.492 e. The van der Waals surface area contributed by atoms with E-state index in [0.717, 1.165) is 12.2 Å². The summed E-state index contributed by atoms with van der Waals surface area (Å²) in [7, 11) is 0. The summed E-state index contributed by atoms with van der Waals surface area (Å²) in [5, 5.41) is 8.79. The van der Waals surface area contributed by atoms with Gasteiger partial charge < -0.3 is 4.74 Å². The van der Waals surface area contributed by atoms with E-state index in [1.54, 1.807) is 0 Å². The van der Waals surface area contributed by atoms with Crippen LogP contribution in [0, 0.1) is 17.2 Å². The first kappa shape index (κ1) is 14.6. The van der Waals surface area contributed by atoms with Crippen molar-refractivity contribution in [3.05, 3.63) is 29.3 Å². The van der Waals surface area contributed by atoms with Gasteiger partial charge in [0.2, 0.25) is 0 Å². The summed E-state index contributed by atoms with van der Waals surface area (Å²) in [5.74, 6) is 0.825. The monoisotopic (exact) mass is 245 g/mol. The topological polar surface area (TPSA) is 33.0 Å². The highest BCUT2D eigenvalue weighted by molar-refractivity contribution is 5.41. The van der Waals surface area contributed by atoms with E-state index in [-0.39, 0.29) is 11.3 Å². The number of nitrogens with zero attached hydrogens (tertiary/aromatic N) is 1. The van der Waals surface area contributed by atoms with E-state index >= 15 is 0 Å². The molecule has 0 aliphatic rings. The SMILES string of the molecule is CCc1ccc(OCC(C)C#N)c(C(C)(C)C)c1. The summed E-state index contributed by atoms with van der Waals surface area (Å²) in [6.07, 6.45) is 1.03. The predicted molar refractivity (Wildman–Crippen MR) is 74.8 cm³/mol. The van der Waals surface area contributed by atoms with Crippen LogP contribution in [-0.2, 0) is 11.8 Å². The molecule has 0 radical (unpaired) electrons. The molecule has 0 bridgehead atoms. The first-order chi connectivity index (χ1) is 8.38. The van der Waals surface area contributed by atoms with E-state index < -0.39 is 0 Å². The molecule has 0 fully saturated rings. The first-order valence-corrected chi connectivity index (χ1v) is 6.54. The smallest absolute Gasteiger partial charge is 0.123 e. The largest absolute Gasteiger partial charge is 0.492 e. The Hall–Kier alpha value is -1.49. The zero-order valence-corrected chi connectivity index (χ0v) is 12.1. The molecule has 1 rings (SSSR count). The quantitative estimate of drug-likeness (QED) is 0.800. The Balaban J connectivity index is 3.00. The Morgan fingerprint density at radius 3 is 2.50 bits per heavy atom. The average Bonchev–Trinajstić information content (AvgIpc) is 2.34. The van der Waals surface area contributed by atoms with Crippen molar-refractivity contribution < 1.29 is 4.74 Å². The molecule has 1 aromatic carbocycles. The number of benzene rings is 1. The second kappa shape index (κ2) is 5.91. The fourth-order valence-corrected chi connectivity index (χ4v) is 1.76. The van der Waals surface area contributed by atoms with Crippen LogP contribution in [-0.4, -0.2) is 6.61 Å². The third-order valence-corrected chi connectivity index (χ3v) is 2.97. The van der Waals surface area contributed by atoms with E-state index in [4.69, 9.17) is 10.00 Å². The zero-order chi connectivity index (χ0) is 13.8. The van der Waals surface area contributed by atoms with Gasteiger partial charge >= 0.3 is 0 Å². The maximum Gasteiger partial charge on any atom is 0.123 e. The molecule has 0 amide bonds. The number of ether oxygens (including phenoxy) is 1. The van der Waals surface area contributed by atoms with Crippen LogP contribution in [0.15, 0.2) is 18.2 Å². The van der Waals surface area contributed by atoms with Gasteiger partial charge in [-0.2, -0.15) is 5.26 Å². The van der Waals surface area contributed by atoms with Crippen molar-refractivity contribution in [1.29, 1.82) is 5.26 Å². The normalized spacial score (nSPS) is 12.9. The molecule has 0 N–H and O–H groups in total. The molecule has 18 heavy (non-hydrogen) atoms. The van der Waals surface area contributed by atoms with Crippen LogP contribution in [0.25, 0.3) is 0 Å². The van der Waals surface area contributed by atoms with Crippen LogP contribution >= 0.6 is 0 Å². The number of hydrogen-bond donors (Lipinski definition) is 0. The Morgan fingerprint density at radius 2 is 2.00 bits per heavy atom. The summed E-state index contributed by atoms with van der Waals surface area (Å²) in [5.41, 5.74) is 2.59. The van der Waals surface area contributed by atoms with Gasteiger partial charge in [-0.1, -0.05) is 39.8 Å². The lowest BCUT2D eigenvalue weighted by molar-refractivity contribution is 0.281. The van der Waals surface area contributed by atoms with E-state index in [1.807, 2.05) is 13.0 Å². The van der Waals surface area contributed by atoms with E-state index in [2.05, 4.69) is 45.9 Å². The molecule has 1 atom stereocenters. The number of hydrogen-bond acceptors (Lipinski definition) is 2. The molecular weight excluding hydrogens is 222 g/mol. The fourth-order valence-electron chi connectivity index (χ4n) is 1.76. The van der Waals surface area contributed by atoms with Crippen LogP contribution in [0.1, 0.15) is 45.7 Å². The molecule has 1 aromatic rings. The van der Waals surface area contributed by atoms with Gasteiger partial charge in [0.05, 0.1) is 12.0 Å². The van der Waals surface area contributed by atoms with Gasteiger partial charge in [0.15, 0.2) is 0 Å². The van der Waals surface area contributed by atoms with E-state index in [0.29, 0.717) is 6.61 Å². The van der Waals surface area contributed by atoms with Crippen LogP contribution < -0.4 is 4.74 Å². The molecule has 0 aliphatic heterocycles. The van der Waals surface area contributed by atoms with Gasteiger partial charge in [-0.15, -0.1) is 0 Å². The molecule has 2 heteroatoms. The van der Waals surface area contributed by atoms with E-state index in [1.165, 1.54) is 11.1 Å². The highest BCUT2D eigenvalue weighted by atomic mass is 16.5. The fraction of sp³-hybridized carbons (Fsp3) is 0.562. The summed E-state index contributed by atoms with van der Waals surface area (Å²) < 4.78 is 5.79. The highest BCUT2D eigenvalue weighted by Gasteiger charge is 2.19. The van der Waals surface area contributed by atoms with Gasteiger partial charge in [0.1, 0.15) is 12.4 Å². The molecule has 98 valence electrons. The molecule has 0 aliphatic carbocycles. The number of rotatable bonds is 4. The molecular formula is C16H23NO. The average molecular weight is 245 g/mol. The van der Waals surface area contributed by atoms with Crippen LogP contribution in [0.3, 0.4) is 0 Å². The van der Waals surface area contributed by atoms with Gasteiger partial charge in [-0.3, -0.25) is 0 Å². The van der Waals surface area contributed by atoms with Crippen LogP contribution in [0.5, 0.6) is 5.75 Å². The third-order valence-electron chi connectivity index (χ3n) is 2.97. The third kappa shape index (κ3) is 3.77. The molecule has 0 saturated heterocycles. The van der Waals surface area contributed by atoms with Crippen molar-refractivity contribution in [3.8, 4) is 11.8 Å². The standard InChI is InChI=1S/C16H23NO/c1-6-13-7-8-15(18-11-12(2)10-17)14(9-13)16(3,4)5/h7-9,12H,6,11H2,1-5H3. The second-order valence-corrected chi connectivity index (χ2v) is 5.78. The predicted octanol–water partition coefficient (Wildman–Crippen LogP) is 4.08. The molecule has 0 saturated carbocycles. The second-order valence-electron chi connectivity index (χ2n) is 5.78. The van der Waals surface area contributed by atoms with Gasteiger partial charge in [0.25, 0.3) is 0 Å². The summed E-state index contributed by atoms with van der Waals surface area (Å²) >= 11 is 0. The van der Waals surface area contributed by atoms with Crippen LogP contribution in [0.4, 0.5) is 0 Å². The van der Waals surface area contributed by atoms with Gasteiger partial charge in [-0.05, 0) is 36.0 Å². The number of aryl methyl sites for hydroxylation is 1. The molecule has 0 heterocycles. The molecule has 0 aromatic heterocycles. The van der Waals surface area contributed by atoms with Crippen molar-refractivity contribution >= 4 is 0 Å². The zero-order valence-electron chi connectivity index (χ0n) is 12.1. The van der Waals surface area contributed by atoms with Crippen molar-refractivity contribution in [2.45, 2.75) is 46.5 Å².